The average molecular weight is 307 g/mol. The van der Waals surface area contributed by atoms with E-state index in [0.29, 0.717) is 44.3 Å². The second-order valence-electron chi connectivity index (χ2n) is 5.07. The van der Waals surface area contributed by atoms with Crippen molar-refractivity contribution in [1.82, 2.24) is 9.80 Å². The first kappa shape index (κ1) is 15.6. The molecule has 0 saturated carbocycles. The Kier molecular flexibility index (Phi) is 5.38. The maximum absolute atomic E-state index is 12.1. The highest BCUT2D eigenvalue weighted by molar-refractivity contribution is 7.80. The first-order chi connectivity index (χ1) is 10.1. The van der Waals surface area contributed by atoms with E-state index in [1.165, 1.54) is 0 Å². The number of amides is 1. The lowest BCUT2D eigenvalue weighted by Gasteiger charge is -2.35. The fourth-order valence-corrected chi connectivity index (χ4v) is 2.48. The predicted molar refractivity (Wildman–Crippen MR) is 86.2 cm³/mol. The number of piperazine rings is 1. The molecule has 0 aromatic heterocycles. The van der Waals surface area contributed by atoms with Crippen LogP contribution in [0.3, 0.4) is 0 Å². The molecule has 5 nitrogen and oxygen atoms in total. The average Bonchev–Trinajstić information content (AvgIpc) is 2.49. The van der Waals surface area contributed by atoms with Crippen LogP contribution < -0.4 is 10.5 Å². The molecule has 114 valence electrons. The number of nitrogens with zero attached hydrogens (tertiary/aromatic N) is 2. The summed E-state index contributed by atoms with van der Waals surface area (Å²) in [5, 5.41) is 0.407. The number of nitrogens with two attached hydrogens (primary N) is 1. The minimum Gasteiger partial charge on any atom is -0.493 e. The number of thiocarbonyl (C=S) groups is 1. The van der Waals surface area contributed by atoms with Gasteiger partial charge in [-0.2, -0.15) is 0 Å². The lowest BCUT2D eigenvalue weighted by molar-refractivity contribution is -0.132. The van der Waals surface area contributed by atoms with Crippen LogP contribution in [0.25, 0.3) is 0 Å². The monoisotopic (exact) mass is 307 g/mol. The number of carbonyl (C=O) groups excluding carboxylic acids is 1. The molecule has 21 heavy (non-hydrogen) atoms. The van der Waals surface area contributed by atoms with E-state index >= 15 is 0 Å². The van der Waals surface area contributed by atoms with E-state index in [1.54, 1.807) is 0 Å². The number of carbonyl (C=O) groups is 1. The van der Waals surface area contributed by atoms with Crippen molar-refractivity contribution in [3.63, 3.8) is 0 Å². The van der Waals surface area contributed by atoms with Crippen LogP contribution in [-0.4, -0.2) is 53.6 Å². The van der Waals surface area contributed by atoms with E-state index in [4.69, 9.17) is 22.7 Å². The summed E-state index contributed by atoms with van der Waals surface area (Å²) in [6.45, 7) is 5.14. The maximum atomic E-state index is 12.1. The molecule has 2 N–H and O–H groups in total. The number of hydrogen-bond donors (Lipinski definition) is 1. The van der Waals surface area contributed by atoms with Gasteiger partial charge in [-0.3, -0.25) is 4.79 Å². The smallest absolute Gasteiger partial charge is 0.226 e. The van der Waals surface area contributed by atoms with Crippen LogP contribution in [0.2, 0.25) is 0 Å². The van der Waals surface area contributed by atoms with Crippen LogP contribution in [0.1, 0.15) is 12.0 Å². The molecule has 1 fully saturated rings. The summed E-state index contributed by atoms with van der Waals surface area (Å²) in [6.07, 6.45) is 0.390. The van der Waals surface area contributed by atoms with Crippen LogP contribution in [-0.2, 0) is 4.79 Å². The quantitative estimate of drug-likeness (QED) is 0.846. The lowest BCUT2D eigenvalue weighted by atomic mass is 10.2. The van der Waals surface area contributed by atoms with Gasteiger partial charge in [0.05, 0.1) is 13.0 Å². The van der Waals surface area contributed by atoms with Gasteiger partial charge < -0.3 is 20.3 Å². The van der Waals surface area contributed by atoms with Crippen LogP contribution >= 0.6 is 12.2 Å². The van der Waals surface area contributed by atoms with Gasteiger partial charge >= 0.3 is 0 Å². The third-order valence-corrected chi connectivity index (χ3v) is 3.87. The van der Waals surface area contributed by atoms with E-state index in [9.17, 15) is 4.79 Å². The summed E-state index contributed by atoms with van der Waals surface area (Å²) in [5.74, 6) is 0.953. The van der Waals surface area contributed by atoms with E-state index in [1.807, 2.05) is 41.0 Å². The van der Waals surface area contributed by atoms with E-state index in [2.05, 4.69) is 0 Å². The lowest BCUT2D eigenvalue weighted by Crippen LogP contribution is -2.52. The Morgan fingerprint density at radius 3 is 2.48 bits per heavy atom. The molecule has 0 atom stereocenters. The fraction of sp³-hybridized carbons (Fsp3) is 0.467. The Balaban J connectivity index is 1.73. The van der Waals surface area contributed by atoms with Gasteiger partial charge in [0.1, 0.15) is 5.75 Å². The molecule has 0 radical (unpaired) electrons. The van der Waals surface area contributed by atoms with Crippen molar-refractivity contribution in [2.75, 3.05) is 32.8 Å². The third-order valence-electron chi connectivity index (χ3n) is 3.61. The van der Waals surface area contributed by atoms with Gasteiger partial charge in [-0.1, -0.05) is 18.2 Å². The minimum atomic E-state index is 0.117. The fourth-order valence-electron chi connectivity index (χ4n) is 2.30. The molecule has 1 aromatic carbocycles. The zero-order valence-electron chi connectivity index (χ0n) is 12.2. The molecular weight excluding hydrogens is 286 g/mol. The highest BCUT2D eigenvalue weighted by atomic mass is 32.1. The summed E-state index contributed by atoms with van der Waals surface area (Å²) in [7, 11) is 0. The van der Waals surface area contributed by atoms with Gasteiger partial charge in [0.15, 0.2) is 5.11 Å². The molecule has 1 saturated heterocycles. The number of para-hydroxylation sites is 1. The van der Waals surface area contributed by atoms with E-state index < -0.39 is 0 Å². The molecule has 1 heterocycles. The highest BCUT2D eigenvalue weighted by Crippen LogP contribution is 2.16. The van der Waals surface area contributed by atoms with Crippen LogP contribution in [0.4, 0.5) is 0 Å². The summed E-state index contributed by atoms with van der Waals surface area (Å²) in [5.41, 5.74) is 6.66. The van der Waals surface area contributed by atoms with Gasteiger partial charge in [-0.15, -0.1) is 0 Å². The molecule has 1 aliphatic rings. The Labute approximate surface area is 130 Å². The normalized spacial score (nSPS) is 14.9. The molecule has 0 unspecified atom stereocenters. The second-order valence-corrected chi connectivity index (χ2v) is 5.49. The second kappa shape index (κ2) is 7.26. The Bertz CT molecular complexity index is 513. The Hall–Kier alpha value is -1.82. The van der Waals surface area contributed by atoms with Crippen molar-refractivity contribution in [2.45, 2.75) is 13.3 Å². The van der Waals surface area contributed by atoms with Crippen LogP contribution in [0.5, 0.6) is 5.75 Å². The Morgan fingerprint density at radius 1 is 1.24 bits per heavy atom. The maximum Gasteiger partial charge on any atom is 0.226 e. The van der Waals surface area contributed by atoms with Crippen molar-refractivity contribution < 1.29 is 9.53 Å². The van der Waals surface area contributed by atoms with E-state index in [0.717, 1.165) is 11.3 Å². The number of hydrogen-bond acceptors (Lipinski definition) is 3. The zero-order valence-corrected chi connectivity index (χ0v) is 13.1. The summed E-state index contributed by atoms with van der Waals surface area (Å²) >= 11 is 4.94. The summed E-state index contributed by atoms with van der Waals surface area (Å²) in [6, 6.07) is 7.81. The summed E-state index contributed by atoms with van der Waals surface area (Å²) < 4.78 is 5.66. The van der Waals surface area contributed by atoms with Gasteiger partial charge in [-0.25, -0.2) is 0 Å². The topological polar surface area (TPSA) is 58.8 Å². The first-order valence-corrected chi connectivity index (χ1v) is 7.49. The molecule has 6 heteroatoms. The van der Waals surface area contributed by atoms with Gasteiger partial charge in [0, 0.05) is 26.2 Å². The molecule has 1 aromatic rings. The van der Waals surface area contributed by atoms with Crippen molar-refractivity contribution in [3.8, 4) is 5.75 Å². The van der Waals surface area contributed by atoms with Gasteiger partial charge in [-0.05, 0) is 30.8 Å². The van der Waals surface area contributed by atoms with Crippen molar-refractivity contribution in [1.29, 1.82) is 0 Å². The third kappa shape index (κ3) is 4.32. The first-order valence-electron chi connectivity index (χ1n) is 7.08. The zero-order chi connectivity index (χ0) is 15.2. The number of benzene rings is 1. The molecule has 0 bridgehead atoms. The molecule has 0 aliphatic carbocycles. The summed E-state index contributed by atoms with van der Waals surface area (Å²) in [4.78, 5) is 15.9. The van der Waals surface area contributed by atoms with Gasteiger partial charge in [0.25, 0.3) is 0 Å². The van der Waals surface area contributed by atoms with Gasteiger partial charge in [0.2, 0.25) is 5.91 Å². The number of rotatable bonds is 4. The van der Waals surface area contributed by atoms with Crippen LogP contribution in [0.15, 0.2) is 24.3 Å². The Morgan fingerprint density at radius 2 is 1.86 bits per heavy atom. The van der Waals surface area contributed by atoms with Crippen molar-refractivity contribution >= 4 is 23.2 Å². The molecule has 2 rings (SSSR count). The minimum absolute atomic E-state index is 0.117. The van der Waals surface area contributed by atoms with Crippen LogP contribution in [0, 0.1) is 6.92 Å². The molecule has 1 aliphatic heterocycles. The molecule has 1 amide bonds. The SMILES string of the molecule is Cc1ccccc1OCCC(=O)N1CCN(C(N)=S)CC1. The highest BCUT2D eigenvalue weighted by Gasteiger charge is 2.21. The van der Waals surface area contributed by atoms with Crippen molar-refractivity contribution in [2.24, 2.45) is 5.73 Å². The standard InChI is InChI=1S/C15H21N3O2S/c1-12-4-2-3-5-13(12)20-11-6-14(19)17-7-9-18(10-8-17)15(16)21/h2-5H,6-11H2,1H3,(H2,16,21). The number of aryl methyl sites for hydroxylation is 1. The molecular formula is C15H21N3O2S. The largest absolute Gasteiger partial charge is 0.493 e. The van der Waals surface area contributed by atoms with E-state index in [-0.39, 0.29) is 5.91 Å². The molecule has 0 spiro atoms. The van der Waals surface area contributed by atoms with Crippen molar-refractivity contribution in [3.05, 3.63) is 29.8 Å². The predicted octanol–water partition coefficient (Wildman–Crippen LogP) is 1.15. The number of ether oxygens (including phenoxy) is 1.